The van der Waals surface area contributed by atoms with Crippen LogP contribution in [0, 0.1) is 0 Å². The molecule has 0 atom stereocenters. The number of nitrogens with two attached hydrogens (primary N) is 1. The highest BCUT2D eigenvalue weighted by molar-refractivity contribution is 6.04. The maximum Gasteiger partial charge on any atom is 0.333 e. The number of methoxy groups -OCH3 is 1. The molecule has 0 bridgehead atoms. The monoisotopic (exact) mass is 459 g/mol. The summed E-state index contributed by atoms with van der Waals surface area (Å²) in [5, 5.41) is 2.94. The second-order valence-electron chi connectivity index (χ2n) is 7.44. The van der Waals surface area contributed by atoms with Gasteiger partial charge in [-0.15, -0.1) is 0 Å². The van der Waals surface area contributed by atoms with E-state index in [1.807, 2.05) is 94.7 Å². The number of amides is 1. The Labute approximate surface area is 201 Å². The number of carbonyl (C=O) groups excluding carboxylic acids is 2. The summed E-state index contributed by atoms with van der Waals surface area (Å²) in [6.45, 7) is 7.61. The number of esters is 1. The van der Waals surface area contributed by atoms with E-state index in [9.17, 15) is 9.59 Å². The first kappa shape index (κ1) is 26.2. The van der Waals surface area contributed by atoms with E-state index in [2.05, 4.69) is 5.32 Å². The molecule has 6 heteroatoms. The minimum atomic E-state index is -0.367. The molecule has 1 amide bonds. The van der Waals surface area contributed by atoms with Crippen molar-refractivity contribution in [1.82, 2.24) is 4.57 Å². The highest BCUT2D eigenvalue weighted by Crippen LogP contribution is 2.24. The normalized spacial score (nSPS) is 11.4. The molecule has 0 saturated heterocycles. The maximum atomic E-state index is 12.8. The van der Waals surface area contributed by atoms with Gasteiger partial charge in [-0.05, 0) is 67.0 Å². The maximum absolute atomic E-state index is 12.8. The summed E-state index contributed by atoms with van der Waals surface area (Å²) in [5.41, 5.74) is 12.0. The van der Waals surface area contributed by atoms with Crippen molar-refractivity contribution in [2.24, 2.45) is 7.05 Å². The van der Waals surface area contributed by atoms with Crippen LogP contribution in [0.3, 0.4) is 0 Å². The summed E-state index contributed by atoms with van der Waals surface area (Å²) in [6.07, 6.45) is 5.61. The Balaban J connectivity index is 0.00000199. The van der Waals surface area contributed by atoms with Crippen LogP contribution < -0.4 is 11.1 Å². The van der Waals surface area contributed by atoms with Gasteiger partial charge >= 0.3 is 5.97 Å². The van der Waals surface area contributed by atoms with Gasteiger partial charge in [0, 0.05) is 35.8 Å². The van der Waals surface area contributed by atoms with Crippen molar-refractivity contribution in [2.75, 3.05) is 18.2 Å². The fourth-order valence-corrected chi connectivity index (χ4v) is 3.35. The molecule has 3 N–H and O–H groups in total. The van der Waals surface area contributed by atoms with Crippen LogP contribution in [0.1, 0.15) is 43.7 Å². The molecule has 1 heterocycles. The Morgan fingerprint density at radius 3 is 2.18 bits per heavy atom. The first-order valence-corrected chi connectivity index (χ1v) is 11.2. The van der Waals surface area contributed by atoms with Gasteiger partial charge in [-0.25, -0.2) is 4.79 Å². The highest BCUT2D eigenvalue weighted by Gasteiger charge is 2.13. The minimum Gasteiger partial charge on any atom is -0.466 e. The van der Waals surface area contributed by atoms with Crippen molar-refractivity contribution < 1.29 is 14.3 Å². The number of aromatic nitrogens is 1. The fourth-order valence-electron chi connectivity index (χ4n) is 3.35. The molecular formula is C28H33N3O3. The Morgan fingerprint density at radius 1 is 1.00 bits per heavy atom. The fraction of sp³-hybridized carbons (Fsp3) is 0.214. The van der Waals surface area contributed by atoms with E-state index in [0.717, 1.165) is 22.3 Å². The number of rotatable bonds is 6. The largest absolute Gasteiger partial charge is 0.466 e. The van der Waals surface area contributed by atoms with Crippen molar-refractivity contribution in [3.8, 4) is 11.1 Å². The summed E-state index contributed by atoms with van der Waals surface area (Å²) >= 11 is 0. The van der Waals surface area contributed by atoms with E-state index in [-0.39, 0.29) is 11.9 Å². The molecule has 0 aliphatic carbocycles. The van der Waals surface area contributed by atoms with E-state index >= 15 is 0 Å². The first-order chi connectivity index (χ1) is 16.3. The number of aryl methyl sites for hydroxylation is 1. The molecule has 178 valence electrons. The van der Waals surface area contributed by atoms with Gasteiger partial charge in [0.1, 0.15) is 5.69 Å². The second-order valence-corrected chi connectivity index (χ2v) is 7.44. The third-order valence-corrected chi connectivity index (χ3v) is 5.15. The summed E-state index contributed by atoms with van der Waals surface area (Å²) < 4.78 is 6.55. The molecule has 0 aliphatic heterocycles. The molecule has 0 unspecified atom stereocenters. The molecule has 1 aromatic heterocycles. The van der Waals surface area contributed by atoms with Crippen LogP contribution in [0.5, 0.6) is 0 Å². The molecule has 0 saturated carbocycles. The van der Waals surface area contributed by atoms with Crippen molar-refractivity contribution in [3.63, 3.8) is 0 Å². The van der Waals surface area contributed by atoms with Crippen molar-refractivity contribution in [3.05, 3.63) is 89.8 Å². The zero-order chi connectivity index (χ0) is 25.3. The molecule has 3 rings (SSSR count). The summed E-state index contributed by atoms with van der Waals surface area (Å²) in [6, 6.07) is 16.9. The SMILES string of the molecule is C/C=C(\C=C(/C)C(=O)OC)c1ccc(NC(=O)c2cc(-c3ccc(N)cc3)cn2C)cc1.CC. The quantitative estimate of drug-likeness (QED) is 0.203. The predicted molar refractivity (Wildman–Crippen MR) is 140 cm³/mol. The molecular weight excluding hydrogens is 426 g/mol. The third-order valence-electron chi connectivity index (χ3n) is 5.15. The summed E-state index contributed by atoms with van der Waals surface area (Å²) in [7, 11) is 3.20. The van der Waals surface area contributed by atoms with Gasteiger partial charge in [-0.1, -0.05) is 44.2 Å². The topological polar surface area (TPSA) is 86.3 Å². The Hall–Kier alpha value is -4.06. The first-order valence-electron chi connectivity index (χ1n) is 11.2. The Morgan fingerprint density at radius 2 is 1.62 bits per heavy atom. The number of allylic oxidation sites excluding steroid dienone is 3. The Bertz CT molecular complexity index is 1180. The number of nitrogens with zero attached hydrogens (tertiary/aromatic N) is 1. The average molecular weight is 460 g/mol. The van der Waals surface area contributed by atoms with Gasteiger partial charge in [0.25, 0.3) is 5.91 Å². The molecule has 0 radical (unpaired) electrons. The van der Waals surface area contributed by atoms with E-state index in [4.69, 9.17) is 10.5 Å². The third kappa shape index (κ3) is 6.48. The minimum absolute atomic E-state index is 0.199. The van der Waals surface area contributed by atoms with Crippen LogP contribution in [0.15, 0.2) is 78.5 Å². The number of anilines is 2. The summed E-state index contributed by atoms with van der Waals surface area (Å²) in [5.74, 6) is -0.566. The predicted octanol–water partition coefficient (Wildman–Crippen LogP) is 6.08. The lowest BCUT2D eigenvalue weighted by atomic mass is 10.0. The summed E-state index contributed by atoms with van der Waals surface area (Å²) in [4.78, 5) is 24.5. The molecule has 0 spiro atoms. The standard InChI is InChI=1S/C26H27N3O3.C2H6/c1-5-18(14-17(2)26(31)32-4)19-8-12-23(13-9-19)28-25(30)24-15-21(16-29(24)3)20-6-10-22(27)11-7-20;1-2/h5-16H,27H2,1-4H3,(H,28,30);1-2H3/b17-14+,18-5+;. The van der Waals surface area contributed by atoms with Gasteiger partial charge in [0.2, 0.25) is 0 Å². The van der Waals surface area contributed by atoms with Gasteiger partial charge < -0.3 is 20.4 Å². The van der Waals surface area contributed by atoms with Crippen molar-refractivity contribution in [2.45, 2.75) is 27.7 Å². The van der Waals surface area contributed by atoms with Crippen LogP contribution in [0.25, 0.3) is 16.7 Å². The number of carbonyl (C=O) groups is 2. The molecule has 34 heavy (non-hydrogen) atoms. The smallest absolute Gasteiger partial charge is 0.333 e. The van der Waals surface area contributed by atoms with Crippen LogP contribution >= 0.6 is 0 Å². The van der Waals surface area contributed by atoms with Crippen molar-refractivity contribution >= 4 is 28.8 Å². The lowest BCUT2D eigenvalue weighted by molar-refractivity contribution is -0.136. The van der Waals surface area contributed by atoms with Crippen LogP contribution in [-0.4, -0.2) is 23.6 Å². The second kappa shape index (κ2) is 12.3. The zero-order valence-corrected chi connectivity index (χ0v) is 20.7. The van der Waals surface area contributed by atoms with Gasteiger partial charge in [-0.2, -0.15) is 0 Å². The van der Waals surface area contributed by atoms with Crippen LogP contribution in [0.4, 0.5) is 11.4 Å². The lowest BCUT2D eigenvalue weighted by Crippen LogP contribution is -2.15. The number of hydrogen-bond donors (Lipinski definition) is 2. The number of ether oxygens (including phenoxy) is 1. The average Bonchev–Trinajstić information content (AvgIpc) is 3.25. The molecule has 0 fully saturated rings. The highest BCUT2D eigenvalue weighted by atomic mass is 16.5. The zero-order valence-electron chi connectivity index (χ0n) is 20.7. The van der Waals surface area contributed by atoms with E-state index in [1.54, 1.807) is 17.6 Å². The van der Waals surface area contributed by atoms with E-state index in [0.29, 0.717) is 22.6 Å². The number of nitrogens with one attached hydrogen (secondary N) is 1. The number of benzene rings is 2. The van der Waals surface area contributed by atoms with Crippen LogP contribution in [0.2, 0.25) is 0 Å². The van der Waals surface area contributed by atoms with Crippen LogP contribution in [-0.2, 0) is 16.6 Å². The number of nitrogen functional groups attached to an aromatic ring is 1. The number of hydrogen-bond acceptors (Lipinski definition) is 4. The van der Waals surface area contributed by atoms with E-state index < -0.39 is 0 Å². The molecule has 0 aliphatic rings. The molecule has 2 aromatic carbocycles. The lowest BCUT2D eigenvalue weighted by Gasteiger charge is -2.08. The van der Waals surface area contributed by atoms with Gasteiger partial charge in [-0.3, -0.25) is 4.79 Å². The molecule has 6 nitrogen and oxygen atoms in total. The van der Waals surface area contributed by atoms with Crippen molar-refractivity contribution in [1.29, 1.82) is 0 Å². The van der Waals surface area contributed by atoms with Gasteiger partial charge in [0.05, 0.1) is 7.11 Å². The molecule has 3 aromatic rings. The van der Waals surface area contributed by atoms with Gasteiger partial charge in [0.15, 0.2) is 0 Å². The Kier molecular flexibility index (Phi) is 9.44. The van der Waals surface area contributed by atoms with E-state index in [1.165, 1.54) is 7.11 Å².